The predicted octanol–water partition coefficient (Wildman–Crippen LogP) is 12.5. The normalized spacial score (nSPS) is 13.0. The Morgan fingerprint density at radius 3 is 1.62 bits per heavy atom. The van der Waals surface area contributed by atoms with Crippen molar-refractivity contribution in [3.05, 3.63) is 222 Å². The first-order chi connectivity index (χ1) is 24.8. The van der Waals surface area contributed by atoms with Gasteiger partial charge in [-0.15, -0.1) is 0 Å². The average Bonchev–Trinajstić information content (AvgIpc) is 3.70. The van der Waals surface area contributed by atoms with E-state index in [2.05, 4.69) is 205 Å². The summed E-state index contributed by atoms with van der Waals surface area (Å²) in [6.07, 6.45) is 0. The largest absolute Gasteiger partial charge is 0.309 e. The number of nitrogens with zero attached hydrogens (tertiary/aromatic N) is 1. The summed E-state index contributed by atoms with van der Waals surface area (Å²) < 4.78 is 2.38. The molecule has 1 heteroatoms. The monoisotopic (exact) mass is 635 g/mol. The van der Waals surface area contributed by atoms with Crippen molar-refractivity contribution in [2.75, 3.05) is 0 Å². The fraction of sp³-hybridized carbons (Fsp3) is 0.0204. The Bertz CT molecular complexity index is 2630. The van der Waals surface area contributed by atoms with Crippen molar-refractivity contribution in [3.8, 4) is 39.1 Å². The van der Waals surface area contributed by atoms with Crippen molar-refractivity contribution in [1.29, 1.82) is 0 Å². The zero-order chi connectivity index (χ0) is 33.1. The lowest BCUT2D eigenvalue weighted by molar-refractivity contribution is 0.768. The molecule has 1 aromatic heterocycles. The highest BCUT2D eigenvalue weighted by molar-refractivity contribution is 6.15. The fourth-order valence-electron chi connectivity index (χ4n) is 8.59. The van der Waals surface area contributed by atoms with E-state index in [-0.39, 0.29) is 5.41 Å². The number of para-hydroxylation sites is 2. The van der Waals surface area contributed by atoms with Crippen LogP contribution in [0.1, 0.15) is 22.3 Å². The van der Waals surface area contributed by atoms with E-state index < -0.39 is 0 Å². The summed E-state index contributed by atoms with van der Waals surface area (Å²) in [5.74, 6) is 0. The maximum atomic E-state index is 2.41. The van der Waals surface area contributed by atoms with E-state index in [9.17, 15) is 0 Å². The first-order valence-electron chi connectivity index (χ1n) is 17.4. The van der Waals surface area contributed by atoms with Crippen LogP contribution in [0.5, 0.6) is 0 Å². The molecule has 1 aliphatic rings. The smallest absolute Gasteiger partial charge is 0.0713 e. The number of rotatable bonds is 5. The van der Waals surface area contributed by atoms with Gasteiger partial charge in [0.05, 0.1) is 16.4 Å². The number of aromatic nitrogens is 1. The third kappa shape index (κ3) is 4.14. The topological polar surface area (TPSA) is 4.93 Å². The summed E-state index contributed by atoms with van der Waals surface area (Å²) in [4.78, 5) is 0. The lowest BCUT2D eigenvalue weighted by Gasteiger charge is -2.33. The van der Waals surface area contributed by atoms with Gasteiger partial charge in [0, 0.05) is 16.5 Å². The second kappa shape index (κ2) is 11.3. The van der Waals surface area contributed by atoms with Gasteiger partial charge in [-0.2, -0.15) is 0 Å². The first-order valence-corrected chi connectivity index (χ1v) is 17.4. The van der Waals surface area contributed by atoms with Crippen molar-refractivity contribution < 1.29 is 0 Å². The zero-order valence-corrected chi connectivity index (χ0v) is 27.5. The van der Waals surface area contributed by atoms with Crippen molar-refractivity contribution in [2.24, 2.45) is 0 Å². The van der Waals surface area contributed by atoms with Gasteiger partial charge in [-0.25, -0.2) is 0 Å². The Morgan fingerprint density at radius 2 is 0.880 bits per heavy atom. The summed E-state index contributed by atoms with van der Waals surface area (Å²) in [5.41, 5.74) is 16.0. The maximum absolute atomic E-state index is 2.41. The van der Waals surface area contributed by atoms with Crippen LogP contribution in [0.25, 0.3) is 60.9 Å². The maximum Gasteiger partial charge on any atom is 0.0713 e. The molecule has 0 N–H and O–H groups in total. The third-order valence-electron chi connectivity index (χ3n) is 10.7. The molecule has 8 aromatic carbocycles. The second-order valence-electron chi connectivity index (χ2n) is 13.3. The number of benzene rings is 8. The molecule has 0 aliphatic heterocycles. The number of fused-ring (bicyclic) bond motifs is 6. The Balaban J connectivity index is 1.11. The number of hydrogen-bond acceptors (Lipinski definition) is 0. The van der Waals surface area contributed by atoms with Gasteiger partial charge in [0.1, 0.15) is 0 Å². The summed E-state index contributed by atoms with van der Waals surface area (Å²) >= 11 is 0. The zero-order valence-electron chi connectivity index (χ0n) is 27.5. The third-order valence-corrected chi connectivity index (χ3v) is 10.7. The lowest BCUT2D eigenvalue weighted by atomic mass is 9.67. The Labute approximate surface area is 292 Å². The summed E-state index contributed by atoms with van der Waals surface area (Å²) in [6.45, 7) is 0. The molecule has 1 nitrogen and oxygen atoms in total. The van der Waals surface area contributed by atoms with Crippen LogP contribution in [0.3, 0.4) is 0 Å². The van der Waals surface area contributed by atoms with Crippen LogP contribution in [0.15, 0.2) is 200 Å². The van der Waals surface area contributed by atoms with E-state index in [1.165, 1.54) is 83.1 Å². The summed E-state index contributed by atoms with van der Waals surface area (Å²) in [7, 11) is 0. The van der Waals surface area contributed by atoms with Gasteiger partial charge in [0.15, 0.2) is 0 Å². The molecule has 1 aliphatic carbocycles. The predicted molar refractivity (Wildman–Crippen MR) is 209 cm³/mol. The molecule has 0 bridgehead atoms. The molecule has 0 saturated heterocycles. The van der Waals surface area contributed by atoms with Crippen LogP contribution in [0, 0.1) is 0 Å². The molecule has 9 aromatic rings. The van der Waals surface area contributed by atoms with Gasteiger partial charge >= 0.3 is 0 Å². The van der Waals surface area contributed by atoms with Crippen molar-refractivity contribution in [2.45, 2.75) is 5.41 Å². The van der Waals surface area contributed by atoms with Gasteiger partial charge in [-0.3, -0.25) is 0 Å². The summed E-state index contributed by atoms with van der Waals surface area (Å²) in [5, 5.41) is 2.55. The van der Waals surface area contributed by atoms with Gasteiger partial charge in [-0.05, 0) is 86.0 Å². The average molecular weight is 636 g/mol. The molecule has 0 atom stereocenters. The van der Waals surface area contributed by atoms with Gasteiger partial charge in [-0.1, -0.05) is 170 Å². The Hall–Kier alpha value is -6.44. The van der Waals surface area contributed by atoms with Crippen molar-refractivity contribution >= 4 is 21.8 Å². The van der Waals surface area contributed by atoms with Crippen molar-refractivity contribution in [3.63, 3.8) is 0 Å². The molecule has 10 rings (SSSR count). The first kappa shape index (κ1) is 28.6. The molecule has 0 spiro atoms. The van der Waals surface area contributed by atoms with Crippen LogP contribution < -0.4 is 0 Å². The number of hydrogen-bond donors (Lipinski definition) is 0. The molecule has 1 heterocycles. The van der Waals surface area contributed by atoms with Gasteiger partial charge < -0.3 is 4.57 Å². The van der Waals surface area contributed by atoms with E-state index >= 15 is 0 Å². The fourth-order valence-corrected chi connectivity index (χ4v) is 8.59. The highest BCUT2D eigenvalue weighted by Gasteiger charge is 2.45. The minimum Gasteiger partial charge on any atom is -0.309 e. The SMILES string of the molecule is c1ccc(-n2c3ccccc3c3c(-c4ccc(-c5ccc6c(c5)-c5ccccc5C6(c5ccccc5)c5ccccc5)cc4)cccc32)cc1. The Kier molecular flexibility index (Phi) is 6.47. The van der Waals surface area contributed by atoms with E-state index in [1.54, 1.807) is 0 Å². The van der Waals surface area contributed by atoms with E-state index in [0.717, 1.165) is 0 Å². The second-order valence-corrected chi connectivity index (χ2v) is 13.3. The molecule has 234 valence electrons. The molecule has 0 amide bonds. The molecular weight excluding hydrogens is 603 g/mol. The van der Waals surface area contributed by atoms with Crippen molar-refractivity contribution in [1.82, 2.24) is 4.57 Å². The van der Waals surface area contributed by atoms with E-state index in [0.29, 0.717) is 0 Å². The molecule has 0 unspecified atom stereocenters. The van der Waals surface area contributed by atoms with Gasteiger partial charge in [0.25, 0.3) is 0 Å². The molecular formula is C49H33N. The van der Waals surface area contributed by atoms with Crippen LogP contribution in [0.2, 0.25) is 0 Å². The lowest BCUT2D eigenvalue weighted by Crippen LogP contribution is -2.28. The van der Waals surface area contributed by atoms with Gasteiger partial charge in [0.2, 0.25) is 0 Å². The van der Waals surface area contributed by atoms with Crippen LogP contribution >= 0.6 is 0 Å². The standard InChI is InChI=1S/C49H33N/c1-4-15-37(16-5-1)49(38-17-6-2-7-18-38)44-24-12-10-21-41(44)43-33-36(31-32-45(43)49)34-27-29-35(30-28-34)40-23-14-26-47-48(40)42-22-11-13-25-46(42)50(47)39-19-8-3-9-20-39/h1-33H. The van der Waals surface area contributed by atoms with Crippen LogP contribution in [-0.4, -0.2) is 4.57 Å². The summed E-state index contributed by atoms with van der Waals surface area (Å²) in [6, 6.07) is 73.3. The van der Waals surface area contributed by atoms with Crippen LogP contribution in [0.4, 0.5) is 0 Å². The minimum absolute atomic E-state index is 0.381. The highest BCUT2D eigenvalue weighted by atomic mass is 15.0. The highest BCUT2D eigenvalue weighted by Crippen LogP contribution is 2.56. The van der Waals surface area contributed by atoms with Crippen LogP contribution in [-0.2, 0) is 5.41 Å². The molecule has 0 fully saturated rings. The van der Waals surface area contributed by atoms with E-state index in [4.69, 9.17) is 0 Å². The molecule has 0 saturated carbocycles. The minimum atomic E-state index is -0.381. The quantitative estimate of drug-likeness (QED) is 0.177. The molecule has 0 radical (unpaired) electrons. The van der Waals surface area contributed by atoms with E-state index in [1.807, 2.05) is 0 Å². The molecule has 50 heavy (non-hydrogen) atoms. The Morgan fingerprint density at radius 1 is 0.340 bits per heavy atom.